The molecule has 5 nitrogen and oxygen atoms in total. The van der Waals surface area contributed by atoms with Crippen molar-refractivity contribution < 1.29 is 24.6 Å². The van der Waals surface area contributed by atoms with Gasteiger partial charge in [-0.3, -0.25) is 4.79 Å². The Morgan fingerprint density at radius 2 is 1.38 bits per heavy atom. The molecule has 0 aromatic rings. The topological polar surface area (TPSA) is 98.0 Å². The van der Waals surface area contributed by atoms with Crippen LogP contribution in [0.5, 0.6) is 0 Å². The summed E-state index contributed by atoms with van der Waals surface area (Å²) in [5, 5.41) is 7.19. The Balaban J connectivity index is 0. The summed E-state index contributed by atoms with van der Waals surface area (Å²) in [5.41, 5.74) is 0. The summed E-state index contributed by atoms with van der Waals surface area (Å²) >= 11 is 0. The molecular weight excluding hydrogens is 134 g/mol. The van der Waals surface area contributed by atoms with Crippen LogP contribution < -0.4 is 0 Å². The van der Waals surface area contributed by atoms with Crippen molar-refractivity contribution in [1.82, 2.24) is 0 Å². The van der Waals surface area contributed by atoms with E-state index in [0.29, 0.717) is 0 Å². The van der Waals surface area contributed by atoms with Crippen LogP contribution in [0.4, 0.5) is 4.79 Å². The Labute approximate surface area is 48.0 Å². The van der Waals surface area contributed by atoms with E-state index in [0.717, 1.165) is 0 Å². The second-order valence-corrected chi connectivity index (χ2v) is 1.14. The van der Waals surface area contributed by atoms with Crippen LogP contribution in [0.25, 0.3) is 0 Å². The van der Waals surface area contributed by atoms with E-state index in [1.165, 1.54) is 0 Å². The minimum atomic E-state index is -2.62. The van der Waals surface area contributed by atoms with Gasteiger partial charge in [-0.2, -0.15) is 0 Å². The predicted molar refractivity (Wildman–Crippen MR) is 27.4 cm³/mol. The number of rotatable bonds is 0. The van der Waals surface area contributed by atoms with Gasteiger partial charge in [0.25, 0.3) is 0 Å². The maximum atomic E-state index is 8.78. The van der Waals surface area contributed by atoms with Crippen LogP contribution in [0.1, 0.15) is 0 Å². The van der Waals surface area contributed by atoms with E-state index in [4.69, 9.17) is 24.6 Å². The first kappa shape index (κ1) is 10.8. The van der Waals surface area contributed by atoms with E-state index in [9.17, 15) is 0 Å². The average molecular weight is 138 g/mol. The first-order chi connectivity index (χ1) is 3.46. The predicted octanol–water partition coefficient (Wildman–Crippen LogP) is -0.977. The highest BCUT2D eigenvalue weighted by molar-refractivity contribution is 7.38. The van der Waals surface area contributed by atoms with Crippen molar-refractivity contribution in [3.8, 4) is 0 Å². The fourth-order valence-corrected chi connectivity index (χ4v) is 0. The normalized spacial score (nSPS) is 7.50. The summed E-state index contributed by atoms with van der Waals surface area (Å²) in [4.78, 5) is 30.5. The van der Waals surface area contributed by atoms with Crippen molar-refractivity contribution in [3.63, 3.8) is 0 Å². The monoisotopic (exact) mass is 138 g/mol. The van der Waals surface area contributed by atoms with Gasteiger partial charge in [0.15, 0.2) is 0 Å². The van der Waals surface area contributed by atoms with Crippen LogP contribution in [-0.2, 0) is 0 Å². The molecule has 0 amide bonds. The molecule has 0 spiro atoms. The molecule has 0 saturated heterocycles. The molecule has 0 aromatic carbocycles. The molecule has 46 valence electrons. The molecule has 0 aromatic heterocycles. The zero-order chi connectivity index (χ0) is 7.15. The molecule has 0 aliphatic heterocycles. The van der Waals surface area contributed by atoms with E-state index in [-0.39, 0.29) is 0 Å². The molecule has 0 bridgehead atoms. The van der Waals surface area contributed by atoms with Crippen molar-refractivity contribution >= 4 is 22.3 Å². The summed E-state index contributed by atoms with van der Waals surface area (Å²) in [6.07, 6.45) is 0. The third kappa shape index (κ3) is 5710. The highest BCUT2D eigenvalue weighted by atomic mass is 31.2. The molecule has 0 heterocycles. The van der Waals surface area contributed by atoms with Gasteiger partial charge in [0.05, 0.1) is 0 Å². The first-order valence-corrected chi connectivity index (χ1v) is 2.52. The lowest BCUT2D eigenvalue weighted by Gasteiger charge is -1.76. The molecule has 0 unspecified atom stereocenters. The summed E-state index contributed by atoms with van der Waals surface area (Å²) in [7, 11) is 1.41. The van der Waals surface area contributed by atoms with Crippen molar-refractivity contribution in [1.29, 1.82) is 0 Å². The van der Waals surface area contributed by atoms with Crippen molar-refractivity contribution in [2.75, 3.05) is 0 Å². The highest BCUT2D eigenvalue weighted by Crippen LogP contribution is 2.11. The number of hydrogen-bond acceptors (Lipinski definition) is 4. The molecule has 8 heavy (non-hydrogen) atoms. The Hall–Kier alpha value is -0.155. The molecule has 0 aliphatic rings. The zero-order valence-corrected chi connectivity index (χ0v) is 4.62. The van der Waals surface area contributed by atoms with Gasteiger partial charge < -0.3 is 19.8 Å². The molecule has 4 N–H and O–H groups in total. The van der Waals surface area contributed by atoms with Gasteiger partial charge in [-0.15, -0.1) is 0 Å². The largest absolute Gasteiger partial charge is 0.490 e. The van der Waals surface area contributed by atoms with Gasteiger partial charge >= 0.3 is 8.60 Å². The number of carboxylic acid groups (broad SMARTS) is 1. The maximum Gasteiger partial charge on any atom is 0.324 e. The molecule has 0 aliphatic carbocycles. The quantitative estimate of drug-likeness (QED) is 0.254. The standard InChI is InChI=1S/CHBO2.H3O3P/c2-1(3)4;1-4(2)3/h(H,3,4);1-3H. The Kier molecular flexibility index (Phi) is 9.21. The molecule has 0 fully saturated rings. The molecular formula is CH4BO5P. The summed E-state index contributed by atoms with van der Waals surface area (Å²) < 4.78 is 0. The number of hydrogen-bond donors (Lipinski definition) is 4. The van der Waals surface area contributed by atoms with Gasteiger partial charge in [-0.25, -0.2) is 0 Å². The van der Waals surface area contributed by atoms with Gasteiger partial charge in [-0.05, 0) is 0 Å². The van der Waals surface area contributed by atoms with E-state index in [2.05, 4.69) is 7.85 Å². The third-order valence-corrected chi connectivity index (χ3v) is 0. The lowest BCUT2D eigenvalue weighted by atomic mass is 10.2. The van der Waals surface area contributed by atoms with Gasteiger partial charge in [0.2, 0.25) is 13.7 Å². The van der Waals surface area contributed by atoms with Crippen molar-refractivity contribution in [3.05, 3.63) is 0 Å². The van der Waals surface area contributed by atoms with Crippen LogP contribution in [0.2, 0.25) is 0 Å². The lowest BCUT2D eigenvalue weighted by Crippen LogP contribution is -1.83. The molecule has 0 rings (SSSR count). The van der Waals surface area contributed by atoms with Crippen LogP contribution >= 0.6 is 8.60 Å². The Bertz CT molecular complexity index is 56.7. The molecule has 7 heteroatoms. The molecule has 2 radical (unpaired) electrons. The minimum Gasteiger partial charge on any atom is -0.490 e. The Morgan fingerprint density at radius 3 is 1.38 bits per heavy atom. The smallest absolute Gasteiger partial charge is 0.324 e. The first-order valence-electron chi connectivity index (χ1n) is 1.32. The van der Waals surface area contributed by atoms with E-state index in [1.54, 1.807) is 0 Å². The molecule has 0 saturated carbocycles. The Morgan fingerprint density at radius 1 is 1.38 bits per heavy atom. The highest BCUT2D eigenvalue weighted by Gasteiger charge is 1.76. The second kappa shape index (κ2) is 6.84. The summed E-state index contributed by atoms with van der Waals surface area (Å²) in [6.45, 7) is 0. The van der Waals surface area contributed by atoms with Crippen molar-refractivity contribution in [2.24, 2.45) is 0 Å². The minimum absolute atomic E-state index is 1.33. The van der Waals surface area contributed by atoms with Gasteiger partial charge in [0, 0.05) is 0 Å². The average Bonchev–Trinajstić information content (AvgIpc) is 1.25. The van der Waals surface area contributed by atoms with Crippen LogP contribution in [0, 0.1) is 0 Å². The van der Waals surface area contributed by atoms with Gasteiger partial charge in [0.1, 0.15) is 0 Å². The third-order valence-electron chi connectivity index (χ3n) is 0. The number of carbonyl (C=O) groups is 1. The fraction of sp³-hybridized carbons (Fsp3) is 0. The van der Waals surface area contributed by atoms with Crippen molar-refractivity contribution in [2.45, 2.75) is 0 Å². The second-order valence-electron chi connectivity index (χ2n) is 0.607. The SMILES string of the molecule is OP(O)O.[B]C(=O)O. The fourth-order valence-electron chi connectivity index (χ4n) is 0. The summed E-state index contributed by atoms with van der Waals surface area (Å²) in [6, 6.07) is 0. The van der Waals surface area contributed by atoms with Crippen LogP contribution in [0.15, 0.2) is 0 Å². The van der Waals surface area contributed by atoms with Crippen LogP contribution in [0.3, 0.4) is 0 Å². The van der Waals surface area contributed by atoms with Gasteiger partial charge in [-0.1, -0.05) is 0 Å². The summed E-state index contributed by atoms with van der Waals surface area (Å²) in [5.74, 6) is -1.33. The van der Waals surface area contributed by atoms with E-state index >= 15 is 0 Å². The lowest BCUT2D eigenvalue weighted by molar-refractivity contribution is 0.220. The van der Waals surface area contributed by atoms with E-state index < -0.39 is 14.5 Å². The maximum absolute atomic E-state index is 8.78. The zero-order valence-electron chi connectivity index (χ0n) is 3.72. The van der Waals surface area contributed by atoms with Crippen LogP contribution in [-0.4, -0.2) is 33.5 Å². The molecule has 0 atom stereocenters. The van der Waals surface area contributed by atoms with E-state index in [1.807, 2.05) is 0 Å².